The highest BCUT2D eigenvalue weighted by molar-refractivity contribution is 14.1. The minimum atomic E-state index is -0.452. The van der Waals surface area contributed by atoms with Crippen LogP contribution in [0.5, 0.6) is 5.75 Å². The van der Waals surface area contributed by atoms with Gasteiger partial charge in [0.05, 0.1) is 15.5 Å². The Balaban J connectivity index is 2.89. The van der Waals surface area contributed by atoms with Crippen LogP contribution in [0, 0.1) is 3.57 Å². The molecule has 2 heterocycles. The minimum Gasteiger partial charge on any atom is -0.502 e. The van der Waals surface area contributed by atoms with Gasteiger partial charge < -0.3 is 10.0 Å². The maximum Gasteiger partial charge on any atom is 0.300 e. The predicted molar refractivity (Wildman–Crippen MR) is 70.2 cm³/mol. The van der Waals surface area contributed by atoms with Gasteiger partial charge in [0.25, 0.3) is 5.56 Å². The van der Waals surface area contributed by atoms with E-state index in [1.165, 1.54) is 10.6 Å². The number of hydrogen-bond acceptors (Lipinski definition) is 4. The molecule has 0 saturated heterocycles. The normalized spacial score (nSPS) is 10.7. The Bertz CT molecular complexity index is 607. The highest BCUT2D eigenvalue weighted by Gasteiger charge is 2.08. The molecule has 1 N–H and O–H groups in total. The lowest BCUT2D eigenvalue weighted by atomic mass is 10.3. The minimum absolute atomic E-state index is 0.343. The molecule has 6 heteroatoms. The number of halogens is 1. The van der Waals surface area contributed by atoms with Gasteiger partial charge in [0.2, 0.25) is 5.75 Å². The van der Waals surface area contributed by atoms with Gasteiger partial charge in [-0.25, -0.2) is 4.98 Å². The summed E-state index contributed by atoms with van der Waals surface area (Å²) in [6, 6.07) is 1.93. The van der Waals surface area contributed by atoms with E-state index in [-0.39, 0.29) is 5.75 Å². The van der Waals surface area contributed by atoms with Crippen LogP contribution < -0.4 is 10.5 Å². The average molecular weight is 331 g/mol. The lowest BCUT2D eigenvalue weighted by Crippen LogP contribution is -2.17. The third-order valence-corrected chi connectivity index (χ3v) is 3.04. The highest BCUT2D eigenvalue weighted by Crippen LogP contribution is 2.18. The summed E-state index contributed by atoms with van der Waals surface area (Å²) >= 11 is 2.11. The van der Waals surface area contributed by atoms with E-state index in [2.05, 4.69) is 27.6 Å². The van der Waals surface area contributed by atoms with Crippen molar-refractivity contribution in [3.05, 3.63) is 32.4 Å². The van der Waals surface area contributed by atoms with Crippen molar-refractivity contribution in [1.82, 2.24) is 9.38 Å². The quantitative estimate of drug-likeness (QED) is 0.795. The first-order valence-electron chi connectivity index (χ1n) is 4.58. The Morgan fingerprint density at radius 1 is 1.50 bits per heavy atom. The summed E-state index contributed by atoms with van der Waals surface area (Å²) in [5, 5.41) is 9.33. The van der Waals surface area contributed by atoms with Gasteiger partial charge in [-0.3, -0.25) is 9.20 Å². The molecular weight excluding hydrogens is 321 g/mol. The van der Waals surface area contributed by atoms with Gasteiger partial charge in [-0.1, -0.05) is 0 Å². The molecule has 0 bridgehead atoms. The summed E-state index contributed by atoms with van der Waals surface area (Å²) < 4.78 is 2.22. The SMILES string of the molecule is CN(C)c1cc(I)c2ncc(O)c(=O)n2c1. The fourth-order valence-corrected chi connectivity index (χ4v) is 2.08. The summed E-state index contributed by atoms with van der Waals surface area (Å²) in [4.78, 5) is 17.6. The number of aromatic hydroxyl groups is 1. The molecule has 0 aliphatic heterocycles. The molecule has 2 aromatic rings. The van der Waals surface area contributed by atoms with Crippen molar-refractivity contribution in [3.8, 4) is 5.75 Å². The number of anilines is 1. The first-order chi connectivity index (χ1) is 7.50. The summed E-state index contributed by atoms with van der Waals surface area (Å²) in [6.07, 6.45) is 2.84. The van der Waals surface area contributed by atoms with Crippen LogP contribution in [-0.4, -0.2) is 28.6 Å². The number of rotatable bonds is 1. The van der Waals surface area contributed by atoms with E-state index in [9.17, 15) is 9.90 Å². The Kier molecular flexibility index (Phi) is 2.75. The molecule has 0 aromatic carbocycles. The molecule has 0 saturated carbocycles. The van der Waals surface area contributed by atoms with Gasteiger partial charge in [-0.05, 0) is 28.7 Å². The highest BCUT2D eigenvalue weighted by atomic mass is 127. The van der Waals surface area contributed by atoms with Crippen molar-refractivity contribution in [2.45, 2.75) is 0 Å². The second kappa shape index (κ2) is 3.93. The lowest BCUT2D eigenvalue weighted by Gasteiger charge is -2.14. The van der Waals surface area contributed by atoms with Crippen LogP contribution in [0.4, 0.5) is 5.69 Å². The van der Waals surface area contributed by atoms with E-state index in [0.717, 1.165) is 9.26 Å². The molecule has 0 amide bonds. The van der Waals surface area contributed by atoms with Gasteiger partial charge in [0.15, 0.2) is 5.65 Å². The number of pyridine rings is 1. The van der Waals surface area contributed by atoms with Crippen molar-refractivity contribution >= 4 is 33.9 Å². The molecule has 2 rings (SSSR count). The number of hydrogen-bond donors (Lipinski definition) is 1. The summed E-state index contributed by atoms with van der Waals surface area (Å²) in [5.74, 6) is -0.343. The third-order valence-electron chi connectivity index (χ3n) is 2.24. The third kappa shape index (κ3) is 1.73. The second-order valence-electron chi connectivity index (χ2n) is 3.58. The van der Waals surface area contributed by atoms with Gasteiger partial charge in [-0.2, -0.15) is 0 Å². The molecule has 0 aliphatic carbocycles. The molecule has 5 nitrogen and oxygen atoms in total. The monoisotopic (exact) mass is 331 g/mol. The fourth-order valence-electron chi connectivity index (χ4n) is 1.36. The van der Waals surface area contributed by atoms with Gasteiger partial charge in [-0.15, -0.1) is 0 Å². The number of fused-ring (bicyclic) bond motifs is 1. The molecule has 0 aliphatic rings. The zero-order valence-corrected chi connectivity index (χ0v) is 11.0. The maximum absolute atomic E-state index is 11.7. The lowest BCUT2D eigenvalue weighted by molar-refractivity contribution is 0.462. The summed E-state index contributed by atoms with van der Waals surface area (Å²) in [5.41, 5.74) is 0.979. The molecule has 0 atom stereocenters. The van der Waals surface area contributed by atoms with Crippen molar-refractivity contribution in [3.63, 3.8) is 0 Å². The van der Waals surface area contributed by atoms with Crippen LogP contribution in [-0.2, 0) is 0 Å². The van der Waals surface area contributed by atoms with Crippen LogP contribution in [0.1, 0.15) is 0 Å². The fraction of sp³-hybridized carbons (Fsp3) is 0.200. The van der Waals surface area contributed by atoms with E-state index in [1.54, 1.807) is 6.20 Å². The van der Waals surface area contributed by atoms with Crippen LogP contribution in [0.25, 0.3) is 5.65 Å². The summed E-state index contributed by atoms with van der Waals surface area (Å²) in [7, 11) is 3.77. The zero-order valence-electron chi connectivity index (χ0n) is 8.81. The van der Waals surface area contributed by atoms with Crippen LogP contribution >= 0.6 is 22.6 Å². The van der Waals surface area contributed by atoms with Crippen LogP contribution in [0.2, 0.25) is 0 Å². The van der Waals surface area contributed by atoms with E-state index in [1.807, 2.05) is 25.1 Å². The van der Waals surface area contributed by atoms with E-state index < -0.39 is 5.56 Å². The van der Waals surface area contributed by atoms with Gasteiger partial charge in [0, 0.05) is 20.3 Å². The molecule has 0 radical (unpaired) electrons. The molecule has 84 valence electrons. The first-order valence-corrected chi connectivity index (χ1v) is 5.66. The van der Waals surface area contributed by atoms with E-state index in [0.29, 0.717) is 5.65 Å². The van der Waals surface area contributed by atoms with E-state index >= 15 is 0 Å². The summed E-state index contributed by atoms with van der Waals surface area (Å²) in [6.45, 7) is 0. The van der Waals surface area contributed by atoms with Crippen molar-refractivity contribution in [2.75, 3.05) is 19.0 Å². The number of nitrogens with zero attached hydrogens (tertiary/aromatic N) is 3. The molecule has 16 heavy (non-hydrogen) atoms. The Hall–Kier alpha value is -1.31. The van der Waals surface area contributed by atoms with Crippen molar-refractivity contribution in [1.29, 1.82) is 0 Å². The average Bonchev–Trinajstić information content (AvgIpc) is 2.23. The predicted octanol–water partition coefficient (Wildman–Crippen LogP) is 1.07. The van der Waals surface area contributed by atoms with Crippen LogP contribution in [0.3, 0.4) is 0 Å². The Labute approximate surface area is 105 Å². The number of aromatic nitrogens is 2. The zero-order chi connectivity index (χ0) is 11.9. The smallest absolute Gasteiger partial charge is 0.300 e. The Morgan fingerprint density at radius 3 is 2.81 bits per heavy atom. The van der Waals surface area contributed by atoms with Crippen LogP contribution in [0.15, 0.2) is 23.3 Å². The molecule has 2 aromatic heterocycles. The maximum atomic E-state index is 11.7. The molecule has 0 spiro atoms. The van der Waals surface area contributed by atoms with E-state index in [4.69, 9.17) is 0 Å². The van der Waals surface area contributed by atoms with Gasteiger partial charge >= 0.3 is 0 Å². The molecular formula is C10H10IN3O2. The van der Waals surface area contributed by atoms with Crippen molar-refractivity contribution in [2.24, 2.45) is 0 Å². The molecule has 0 fully saturated rings. The van der Waals surface area contributed by atoms with Gasteiger partial charge in [0.1, 0.15) is 0 Å². The van der Waals surface area contributed by atoms with Crippen molar-refractivity contribution < 1.29 is 5.11 Å². The largest absolute Gasteiger partial charge is 0.502 e. The first kappa shape index (κ1) is 11.2. The standard InChI is InChI=1S/C10H10IN3O2/c1-13(2)6-3-7(11)9-12-4-8(15)10(16)14(9)5-6/h3-5,15H,1-2H3. The topological polar surface area (TPSA) is 57.8 Å². The Morgan fingerprint density at radius 2 is 2.19 bits per heavy atom. The second-order valence-corrected chi connectivity index (χ2v) is 4.75. The molecule has 0 unspecified atom stereocenters.